The lowest BCUT2D eigenvalue weighted by atomic mass is 10.0. The maximum Gasteiger partial charge on any atom is 0.343 e. The largest absolute Gasteiger partial charge is 0.462 e. The number of benzene rings is 1. The molecule has 0 radical (unpaired) electrons. The van der Waals surface area contributed by atoms with Crippen LogP contribution in [0, 0.1) is 11.6 Å². The van der Waals surface area contributed by atoms with Crippen LogP contribution in [0.4, 0.5) is 8.78 Å². The smallest absolute Gasteiger partial charge is 0.343 e. The van der Waals surface area contributed by atoms with Crippen LogP contribution in [0.1, 0.15) is 17.3 Å². The van der Waals surface area contributed by atoms with E-state index in [0.29, 0.717) is 6.07 Å². The van der Waals surface area contributed by atoms with E-state index in [1.807, 2.05) is 0 Å². The summed E-state index contributed by atoms with van der Waals surface area (Å²) in [4.78, 5) is 25.6. The molecule has 0 aromatic heterocycles. The third kappa shape index (κ3) is 3.96. The van der Waals surface area contributed by atoms with E-state index in [9.17, 15) is 18.4 Å². The fourth-order valence-electron chi connectivity index (χ4n) is 1.58. The van der Waals surface area contributed by atoms with Gasteiger partial charge in [-0.1, -0.05) is 23.2 Å². The number of esters is 1. The Morgan fingerprint density at radius 3 is 2.41 bits per heavy atom. The molecule has 1 aromatic carbocycles. The maximum absolute atomic E-state index is 13.9. The van der Waals surface area contributed by atoms with Gasteiger partial charge >= 0.3 is 5.97 Å². The molecule has 1 aromatic rings. The van der Waals surface area contributed by atoms with Crippen molar-refractivity contribution < 1.29 is 23.1 Å². The molecule has 0 amide bonds. The quantitative estimate of drug-likeness (QED) is 0.155. The highest BCUT2D eigenvalue weighted by atomic mass is 35.5. The molecule has 0 saturated heterocycles. The zero-order chi connectivity index (χ0) is 17.0. The summed E-state index contributed by atoms with van der Waals surface area (Å²) in [5.41, 5.74) is -1.25. The van der Waals surface area contributed by atoms with Crippen LogP contribution in [0.25, 0.3) is 0 Å². The molecular weight excluding hydrogens is 339 g/mol. The summed E-state index contributed by atoms with van der Waals surface area (Å²) in [5, 5.41) is -1.35. The molecule has 0 fully saturated rings. The monoisotopic (exact) mass is 351 g/mol. The van der Waals surface area contributed by atoms with Crippen LogP contribution in [0.5, 0.6) is 0 Å². The second-order valence-corrected chi connectivity index (χ2v) is 5.18. The minimum Gasteiger partial charge on any atom is -0.462 e. The second kappa shape index (κ2) is 7.56. The van der Waals surface area contributed by atoms with Gasteiger partial charge in [0, 0.05) is 20.3 Å². The average Bonchev–Trinajstić information content (AvgIpc) is 2.42. The van der Waals surface area contributed by atoms with Crippen LogP contribution in [-0.2, 0) is 9.53 Å². The number of nitrogens with zero attached hydrogens (tertiary/aromatic N) is 1. The number of hydrogen-bond donors (Lipinski definition) is 0. The molecule has 0 atom stereocenters. The van der Waals surface area contributed by atoms with Crippen LogP contribution < -0.4 is 0 Å². The van der Waals surface area contributed by atoms with Crippen LogP contribution >= 0.6 is 23.2 Å². The van der Waals surface area contributed by atoms with Crippen LogP contribution in [0.15, 0.2) is 17.8 Å². The first kappa shape index (κ1) is 18.4. The number of ketones is 1. The van der Waals surface area contributed by atoms with E-state index in [-0.39, 0.29) is 6.61 Å². The number of hydrogen-bond acceptors (Lipinski definition) is 4. The fourth-order valence-corrected chi connectivity index (χ4v) is 2.10. The van der Waals surface area contributed by atoms with Crippen molar-refractivity contribution in [2.45, 2.75) is 6.92 Å². The van der Waals surface area contributed by atoms with Crippen LogP contribution in [0.2, 0.25) is 10.0 Å². The minimum atomic E-state index is -1.14. The number of ether oxygens (including phenoxy) is 1. The van der Waals surface area contributed by atoms with E-state index in [1.165, 1.54) is 4.90 Å². The Morgan fingerprint density at radius 2 is 1.91 bits per heavy atom. The number of halogens is 4. The number of Topliss-reactive ketones (excluding diaryl/α,β-unsaturated/α-hetero) is 1. The second-order valence-electron chi connectivity index (χ2n) is 4.40. The molecule has 0 bridgehead atoms. The van der Waals surface area contributed by atoms with Gasteiger partial charge in [-0.3, -0.25) is 4.79 Å². The van der Waals surface area contributed by atoms with Crippen molar-refractivity contribution in [2.24, 2.45) is 0 Å². The Bertz CT molecular complexity index is 645. The molecule has 0 spiro atoms. The first-order valence-electron chi connectivity index (χ1n) is 6.13. The topological polar surface area (TPSA) is 46.6 Å². The zero-order valence-electron chi connectivity index (χ0n) is 12.0. The van der Waals surface area contributed by atoms with E-state index in [4.69, 9.17) is 27.9 Å². The van der Waals surface area contributed by atoms with Crippen molar-refractivity contribution in [3.8, 4) is 0 Å². The molecule has 4 nitrogen and oxygen atoms in total. The summed E-state index contributed by atoms with van der Waals surface area (Å²) in [6, 6.07) is 0.619. The molecule has 0 N–H and O–H groups in total. The molecule has 0 aliphatic rings. The molecule has 1 rings (SSSR count). The molecule has 0 aliphatic heterocycles. The van der Waals surface area contributed by atoms with Gasteiger partial charge in [0.05, 0.1) is 22.2 Å². The van der Waals surface area contributed by atoms with Crippen LogP contribution in [0.3, 0.4) is 0 Å². The molecule has 8 heteroatoms. The van der Waals surface area contributed by atoms with Gasteiger partial charge in [0.2, 0.25) is 5.78 Å². The van der Waals surface area contributed by atoms with Crippen molar-refractivity contribution in [2.75, 3.05) is 20.7 Å². The highest BCUT2D eigenvalue weighted by Gasteiger charge is 2.29. The Labute approximate surface area is 136 Å². The standard InChI is InChI=1S/C14H13Cl2F2NO3/c1-4-22-14(21)7(6-19(2)3)13(20)10-9(17)5-8(15)12(18)11(10)16/h5-6H,4H2,1-3H3/b7-6+. The Morgan fingerprint density at radius 1 is 1.32 bits per heavy atom. The lowest BCUT2D eigenvalue weighted by molar-refractivity contribution is -0.138. The van der Waals surface area contributed by atoms with E-state index in [2.05, 4.69) is 0 Å². The molecular formula is C14H13Cl2F2NO3. The highest BCUT2D eigenvalue weighted by molar-refractivity contribution is 6.39. The van der Waals surface area contributed by atoms with Gasteiger partial charge < -0.3 is 9.64 Å². The van der Waals surface area contributed by atoms with E-state index in [1.54, 1.807) is 21.0 Å². The normalized spacial score (nSPS) is 11.3. The maximum atomic E-state index is 13.9. The minimum absolute atomic E-state index is 0.0159. The van der Waals surface area contributed by atoms with Crippen molar-refractivity contribution in [1.29, 1.82) is 0 Å². The SMILES string of the molecule is CCOC(=O)/C(=C/N(C)C)C(=O)c1c(F)cc(Cl)c(F)c1Cl. The molecule has 120 valence electrons. The summed E-state index contributed by atoms with van der Waals surface area (Å²) in [6.07, 6.45) is 1.14. The summed E-state index contributed by atoms with van der Waals surface area (Å²) < 4.78 is 32.4. The molecule has 0 heterocycles. The Hall–Kier alpha value is -1.66. The molecule has 0 saturated carbocycles. The summed E-state index contributed by atoms with van der Waals surface area (Å²) in [7, 11) is 3.10. The molecule has 22 heavy (non-hydrogen) atoms. The third-order valence-electron chi connectivity index (χ3n) is 2.47. The molecule has 0 unspecified atom stereocenters. The van der Waals surface area contributed by atoms with Gasteiger partial charge in [-0.25, -0.2) is 13.6 Å². The predicted molar refractivity (Wildman–Crippen MR) is 79.1 cm³/mol. The van der Waals surface area contributed by atoms with Crippen molar-refractivity contribution >= 4 is 35.0 Å². The van der Waals surface area contributed by atoms with Gasteiger partial charge in [0.1, 0.15) is 11.4 Å². The van der Waals surface area contributed by atoms with Gasteiger partial charge in [0.25, 0.3) is 0 Å². The Kier molecular flexibility index (Phi) is 6.32. The van der Waals surface area contributed by atoms with E-state index >= 15 is 0 Å². The first-order chi connectivity index (χ1) is 10.2. The van der Waals surface area contributed by atoms with E-state index in [0.717, 1.165) is 6.20 Å². The highest BCUT2D eigenvalue weighted by Crippen LogP contribution is 2.30. The lowest BCUT2D eigenvalue weighted by Gasteiger charge is -2.12. The zero-order valence-corrected chi connectivity index (χ0v) is 13.6. The van der Waals surface area contributed by atoms with Crippen molar-refractivity contribution in [1.82, 2.24) is 4.90 Å². The van der Waals surface area contributed by atoms with Crippen molar-refractivity contribution in [3.05, 3.63) is 45.1 Å². The summed E-state index contributed by atoms with van der Waals surface area (Å²) in [5.74, 6) is -4.33. The van der Waals surface area contributed by atoms with Gasteiger partial charge in [-0.05, 0) is 13.0 Å². The van der Waals surface area contributed by atoms with E-state index < -0.39 is 44.6 Å². The summed E-state index contributed by atoms with van der Waals surface area (Å²) in [6.45, 7) is 1.56. The predicted octanol–water partition coefficient (Wildman–Crippen LogP) is 3.46. The first-order valence-corrected chi connectivity index (χ1v) is 6.89. The number of rotatable bonds is 5. The summed E-state index contributed by atoms with van der Waals surface area (Å²) >= 11 is 11.1. The van der Waals surface area contributed by atoms with Gasteiger partial charge in [-0.15, -0.1) is 0 Å². The van der Waals surface area contributed by atoms with Crippen molar-refractivity contribution in [3.63, 3.8) is 0 Å². The lowest BCUT2D eigenvalue weighted by Crippen LogP contribution is -2.21. The van der Waals surface area contributed by atoms with Gasteiger partial charge in [0.15, 0.2) is 5.82 Å². The molecule has 0 aliphatic carbocycles. The Balaban J connectivity index is 3.44. The fraction of sp³-hybridized carbons (Fsp3) is 0.286. The number of carbonyl (C=O) groups excluding carboxylic acids is 2. The van der Waals surface area contributed by atoms with Gasteiger partial charge in [-0.2, -0.15) is 0 Å². The van der Waals surface area contributed by atoms with Crippen LogP contribution in [-0.4, -0.2) is 37.4 Å². The average molecular weight is 352 g/mol. The third-order valence-corrected chi connectivity index (χ3v) is 3.10. The number of carbonyl (C=O) groups is 2.